The molecule has 0 saturated carbocycles. The molecule has 4 rings (SSSR count). The molecule has 0 aromatic heterocycles. The van der Waals surface area contributed by atoms with Gasteiger partial charge in [0.25, 0.3) is 5.69 Å². The Hall–Kier alpha value is -2.76. The number of nitro benzene ring substituents is 1. The molecule has 0 radical (unpaired) electrons. The fraction of sp³-hybridized carbons (Fsp3) is 0.478. The van der Waals surface area contributed by atoms with Gasteiger partial charge in [-0.1, -0.05) is 12.5 Å². The molecule has 2 saturated heterocycles. The van der Waals surface area contributed by atoms with Crippen LogP contribution in [-0.4, -0.2) is 68.9 Å². The van der Waals surface area contributed by atoms with E-state index in [1.54, 1.807) is 12.1 Å². The first-order valence-electron chi connectivity index (χ1n) is 11.4. The van der Waals surface area contributed by atoms with Crippen LogP contribution < -0.4 is 9.64 Å². The Morgan fingerprint density at radius 2 is 1.71 bits per heavy atom. The summed E-state index contributed by atoms with van der Waals surface area (Å²) >= 11 is 0. The van der Waals surface area contributed by atoms with Crippen molar-refractivity contribution in [1.82, 2.24) is 9.21 Å². The van der Waals surface area contributed by atoms with Crippen molar-refractivity contribution >= 4 is 21.4 Å². The van der Waals surface area contributed by atoms with Gasteiger partial charge in [0.1, 0.15) is 5.69 Å². The van der Waals surface area contributed by atoms with E-state index in [4.69, 9.17) is 4.74 Å². The van der Waals surface area contributed by atoms with Crippen molar-refractivity contribution in [2.75, 3.05) is 51.3 Å². The summed E-state index contributed by atoms with van der Waals surface area (Å²) in [5.74, 6) is -0.208. The molecule has 11 heteroatoms. The number of halogens is 1. The molecule has 9 nitrogen and oxygen atoms in total. The Labute approximate surface area is 198 Å². The lowest BCUT2D eigenvalue weighted by Crippen LogP contribution is -2.46. The van der Waals surface area contributed by atoms with Crippen LogP contribution in [0.15, 0.2) is 41.3 Å². The number of nitro groups is 1. The average Bonchev–Trinajstić information content (AvgIpc) is 2.85. The maximum atomic E-state index is 14.0. The molecule has 2 aliphatic heterocycles. The molecule has 0 aliphatic carbocycles. The highest BCUT2D eigenvalue weighted by Crippen LogP contribution is 2.33. The molecule has 2 aromatic rings. The first-order valence-corrected chi connectivity index (χ1v) is 12.8. The molecule has 0 N–H and O–H groups in total. The zero-order valence-electron chi connectivity index (χ0n) is 19.2. The molecule has 0 amide bonds. The number of methoxy groups -OCH3 is 1. The average molecular weight is 493 g/mol. The summed E-state index contributed by atoms with van der Waals surface area (Å²) in [6.45, 7) is 3.80. The molecule has 0 atom stereocenters. The second-order valence-electron chi connectivity index (χ2n) is 8.60. The third-order valence-corrected chi connectivity index (χ3v) is 8.33. The first kappa shape index (κ1) is 24.4. The van der Waals surface area contributed by atoms with Gasteiger partial charge in [-0.25, -0.2) is 12.8 Å². The number of sulfonamides is 1. The minimum atomic E-state index is -3.75. The summed E-state index contributed by atoms with van der Waals surface area (Å²) in [5.41, 5.74) is 1.03. The van der Waals surface area contributed by atoms with E-state index >= 15 is 0 Å². The topological polar surface area (TPSA) is 96.2 Å². The van der Waals surface area contributed by atoms with Gasteiger partial charge in [-0.05, 0) is 42.7 Å². The molecule has 0 spiro atoms. The van der Waals surface area contributed by atoms with Crippen molar-refractivity contribution in [3.05, 3.63) is 57.9 Å². The monoisotopic (exact) mass is 492 g/mol. The van der Waals surface area contributed by atoms with Crippen molar-refractivity contribution in [2.24, 2.45) is 0 Å². The van der Waals surface area contributed by atoms with Crippen LogP contribution in [0.4, 0.5) is 15.8 Å². The van der Waals surface area contributed by atoms with Gasteiger partial charge >= 0.3 is 0 Å². The fourth-order valence-corrected chi connectivity index (χ4v) is 6.08. The van der Waals surface area contributed by atoms with E-state index in [0.717, 1.165) is 24.8 Å². The molecule has 0 unspecified atom stereocenters. The molecule has 2 heterocycles. The van der Waals surface area contributed by atoms with Gasteiger partial charge in [0.05, 0.1) is 16.9 Å². The number of piperazine rings is 1. The number of anilines is 1. The van der Waals surface area contributed by atoms with Gasteiger partial charge < -0.3 is 9.64 Å². The van der Waals surface area contributed by atoms with Crippen LogP contribution in [0.3, 0.4) is 0 Å². The number of piperidine rings is 1. The number of ether oxygens (including phenoxy) is 1. The van der Waals surface area contributed by atoms with Crippen LogP contribution in [0, 0.1) is 15.9 Å². The van der Waals surface area contributed by atoms with Crippen LogP contribution in [0.5, 0.6) is 5.75 Å². The SMILES string of the molecule is COc1ccc(CN2CCN(c3ccc(S(=O)(=O)N4CCCCC4)cc3[N+](=O)[O-])CC2)cc1F. The smallest absolute Gasteiger partial charge is 0.293 e. The van der Waals surface area contributed by atoms with E-state index in [1.165, 1.54) is 29.6 Å². The quantitative estimate of drug-likeness (QED) is 0.432. The summed E-state index contributed by atoms with van der Waals surface area (Å²) in [6.07, 6.45) is 2.59. The highest BCUT2D eigenvalue weighted by atomic mass is 32.2. The van der Waals surface area contributed by atoms with Gasteiger partial charge in [0, 0.05) is 51.9 Å². The standard InChI is InChI=1S/C23H29FN4O5S/c1-33-23-8-5-18(15-20(23)24)17-25-11-13-26(14-12-25)21-7-6-19(16-22(21)28(29)30)34(31,32)27-9-3-2-4-10-27/h5-8,15-16H,2-4,9-14,17H2,1H3. The van der Waals surface area contributed by atoms with Crippen molar-refractivity contribution in [3.63, 3.8) is 0 Å². The third kappa shape index (κ3) is 5.16. The molecule has 34 heavy (non-hydrogen) atoms. The number of rotatable bonds is 7. The van der Waals surface area contributed by atoms with Crippen LogP contribution in [0.1, 0.15) is 24.8 Å². The maximum absolute atomic E-state index is 14.0. The number of benzene rings is 2. The van der Waals surface area contributed by atoms with Crippen LogP contribution in [0.2, 0.25) is 0 Å². The summed E-state index contributed by atoms with van der Waals surface area (Å²) in [6, 6.07) is 9.08. The number of hydrogen-bond acceptors (Lipinski definition) is 7. The second kappa shape index (κ2) is 10.2. The molecule has 0 bridgehead atoms. The van der Waals surface area contributed by atoms with Crippen molar-refractivity contribution < 1.29 is 22.5 Å². The summed E-state index contributed by atoms with van der Waals surface area (Å²) in [5, 5.41) is 11.8. The summed E-state index contributed by atoms with van der Waals surface area (Å²) in [4.78, 5) is 15.3. The predicted molar refractivity (Wildman–Crippen MR) is 126 cm³/mol. The van der Waals surface area contributed by atoms with Crippen molar-refractivity contribution in [1.29, 1.82) is 0 Å². The van der Waals surface area contributed by atoms with Crippen molar-refractivity contribution in [3.8, 4) is 5.75 Å². The summed E-state index contributed by atoms with van der Waals surface area (Å²) < 4.78 is 46.3. The van der Waals surface area contributed by atoms with Gasteiger partial charge in [-0.15, -0.1) is 0 Å². The Morgan fingerprint density at radius 1 is 1.00 bits per heavy atom. The van der Waals surface area contributed by atoms with Crippen LogP contribution in [-0.2, 0) is 16.6 Å². The second-order valence-corrected chi connectivity index (χ2v) is 10.5. The number of hydrogen-bond donors (Lipinski definition) is 0. The van der Waals surface area contributed by atoms with E-state index in [2.05, 4.69) is 4.90 Å². The normalized spacial score (nSPS) is 18.1. The lowest BCUT2D eigenvalue weighted by Gasteiger charge is -2.36. The molecule has 2 fully saturated rings. The molecule has 184 valence electrons. The van der Waals surface area contributed by atoms with Crippen LogP contribution >= 0.6 is 0 Å². The first-order chi connectivity index (χ1) is 16.3. The zero-order valence-corrected chi connectivity index (χ0v) is 20.0. The largest absolute Gasteiger partial charge is 0.494 e. The Kier molecular flexibility index (Phi) is 7.34. The van der Waals surface area contributed by atoms with Gasteiger partial charge in [-0.3, -0.25) is 15.0 Å². The summed E-state index contributed by atoms with van der Waals surface area (Å²) in [7, 11) is -2.33. The van der Waals surface area contributed by atoms with Gasteiger partial charge in [0.15, 0.2) is 11.6 Å². The zero-order chi connectivity index (χ0) is 24.3. The molecular formula is C23H29FN4O5S. The van der Waals surface area contributed by atoms with Crippen molar-refractivity contribution in [2.45, 2.75) is 30.7 Å². The van der Waals surface area contributed by atoms with E-state index in [0.29, 0.717) is 51.5 Å². The lowest BCUT2D eigenvalue weighted by atomic mass is 10.1. The van der Waals surface area contributed by atoms with E-state index in [1.807, 2.05) is 11.0 Å². The fourth-order valence-electron chi connectivity index (χ4n) is 4.54. The maximum Gasteiger partial charge on any atom is 0.293 e. The highest BCUT2D eigenvalue weighted by Gasteiger charge is 2.30. The Balaban J connectivity index is 1.46. The van der Waals surface area contributed by atoms with Gasteiger partial charge in [-0.2, -0.15) is 4.31 Å². The Bertz CT molecular complexity index is 1150. The van der Waals surface area contributed by atoms with Gasteiger partial charge in [0.2, 0.25) is 10.0 Å². The van der Waals surface area contributed by atoms with Crippen LogP contribution in [0.25, 0.3) is 0 Å². The van der Waals surface area contributed by atoms with E-state index in [9.17, 15) is 22.9 Å². The molecule has 2 aromatic carbocycles. The third-order valence-electron chi connectivity index (χ3n) is 6.43. The minimum absolute atomic E-state index is 0.0370. The number of nitrogens with zero attached hydrogens (tertiary/aromatic N) is 4. The Morgan fingerprint density at radius 3 is 2.32 bits per heavy atom. The lowest BCUT2D eigenvalue weighted by molar-refractivity contribution is -0.384. The molecule has 2 aliphatic rings. The van der Waals surface area contributed by atoms with E-state index in [-0.39, 0.29) is 16.3 Å². The predicted octanol–water partition coefficient (Wildman–Crippen LogP) is 3.24. The minimum Gasteiger partial charge on any atom is -0.494 e. The highest BCUT2D eigenvalue weighted by molar-refractivity contribution is 7.89. The molecular weight excluding hydrogens is 463 g/mol. The van der Waals surface area contributed by atoms with E-state index < -0.39 is 20.8 Å².